The predicted octanol–water partition coefficient (Wildman–Crippen LogP) is 3.15. The second-order valence-electron chi connectivity index (χ2n) is 3.77. The zero-order chi connectivity index (χ0) is 14.7. The number of carbonyl (C=O) groups is 2. The van der Waals surface area contributed by atoms with E-state index in [0.717, 1.165) is 11.3 Å². The van der Waals surface area contributed by atoms with E-state index in [1.165, 1.54) is 25.3 Å². The minimum atomic E-state index is -0.539. The standard InChI is InChI=1S/C13H10ClNO4S/c1-19-13(18)11-9(4-5-20-11)15-12(17)8-3-2-7(14)6-10(8)16/h2-6,16H,1H3,(H,15,17). The molecule has 1 heterocycles. The molecule has 5 nitrogen and oxygen atoms in total. The number of esters is 1. The lowest BCUT2D eigenvalue weighted by Crippen LogP contribution is -2.14. The van der Waals surface area contributed by atoms with E-state index < -0.39 is 11.9 Å². The molecule has 1 amide bonds. The Morgan fingerprint density at radius 1 is 1.35 bits per heavy atom. The molecule has 1 aromatic carbocycles. The number of aromatic hydroxyl groups is 1. The van der Waals surface area contributed by atoms with Crippen molar-refractivity contribution in [2.45, 2.75) is 0 Å². The van der Waals surface area contributed by atoms with Gasteiger partial charge in [-0.1, -0.05) is 11.6 Å². The Hall–Kier alpha value is -2.05. The largest absolute Gasteiger partial charge is 0.507 e. The zero-order valence-electron chi connectivity index (χ0n) is 10.3. The molecule has 0 unspecified atom stereocenters. The van der Waals surface area contributed by atoms with E-state index in [4.69, 9.17) is 11.6 Å². The average molecular weight is 312 g/mol. The van der Waals surface area contributed by atoms with Gasteiger partial charge >= 0.3 is 5.97 Å². The minimum Gasteiger partial charge on any atom is -0.507 e. The number of benzene rings is 1. The van der Waals surface area contributed by atoms with Crippen LogP contribution in [0, 0.1) is 0 Å². The Balaban J connectivity index is 2.24. The van der Waals surface area contributed by atoms with Gasteiger partial charge in [-0.15, -0.1) is 11.3 Å². The number of methoxy groups -OCH3 is 1. The van der Waals surface area contributed by atoms with Gasteiger partial charge in [0.25, 0.3) is 5.91 Å². The number of phenolic OH excluding ortho intramolecular Hbond substituents is 1. The Morgan fingerprint density at radius 3 is 2.75 bits per heavy atom. The predicted molar refractivity (Wildman–Crippen MR) is 76.7 cm³/mol. The van der Waals surface area contributed by atoms with Crippen molar-refractivity contribution in [3.8, 4) is 5.75 Å². The lowest BCUT2D eigenvalue weighted by atomic mass is 10.2. The maximum Gasteiger partial charge on any atom is 0.350 e. The summed E-state index contributed by atoms with van der Waals surface area (Å²) in [6.07, 6.45) is 0. The topological polar surface area (TPSA) is 75.6 Å². The van der Waals surface area contributed by atoms with Crippen molar-refractivity contribution < 1.29 is 19.4 Å². The second kappa shape index (κ2) is 5.94. The van der Waals surface area contributed by atoms with Crippen molar-refractivity contribution in [1.29, 1.82) is 0 Å². The fraction of sp³-hybridized carbons (Fsp3) is 0.0769. The van der Waals surface area contributed by atoms with Crippen LogP contribution in [0.2, 0.25) is 5.02 Å². The molecule has 2 aromatic rings. The van der Waals surface area contributed by atoms with E-state index in [1.54, 1.807) is 11.4 Å². The van der Waals surface area contributed by atoms with Gasteiger partial charge in [-0.25, -0.2) is 4.79 Å². The summed E-state index contributed by atoms with van der Waals surface area (Å²) in [7, 11) is 1.26. The quantitative estimate of drug-likeness (QED) is 0.854. The van der Waals surface area contributed by atoms with Crippen LogP contribution in [0.5, 0.6) is 5.75 Å². The molecule has 0 aliphatic rings. The number of halogens is 1. The number of phenols is 1. The molecule has 1 aromatic heterocycles. The van der Waals surface area contributed by atoms with Crippen LogP contribution in [0.3, 0.4) is 0 Å². The van der Waals surface area contributed by atoms with E-state index in [9.17, 15) is 14.7 Å². The van der Waals surface area contributed by atoms with E-state index in [-0.39, 0.29) is 16.2 Å². The lowest BCUT2D eigenvalue weighted by molar-refractivity contribution is 0.0607. The number of amides is 1. The molecule has 0 fully saturated rings. The van der Waals surface area contributed by atoms with E-state index in [0.29, 0.717) is 10.7 Å². The van der Waals surface area contributed by atoms with Gasteiger partial charge in [0.1, 0.15) is 10.6 Å². The van der Waals surface area contributed by atoms with Crippen molar-refractivity contribution >= 4 is 40.5 Å². The SMILES string of the molecule is COC(=O)c1sccc1NC(=O)c1ccc(Cl)cc1O. The van der Waals surface area contributed by atoms with Crippen molar-refractivity contribution in [3.63, 3.8) is 0 Å². The Morgan fingerprint density at radius 2 is 2.10 bits per heavy atom. The molecular formula is C13H10ClNO4S. The molecule has 2 rings (SSSR count). The van der Waals surface area contributed by atoms with Gasteiger partial charge in [0, 0.05) is 5.02 Å². The van der Waals surface area contributed by atoms with Gasteiger partial charge in [-0.3, -0.25) is 4.79 Å². The molecular weight excluding hydrogens is 302 g/mol. The number of ether oxygens (including phenoxy) is 1. The van der Waals surface area contributed by atoms with Crippen LogP contribution in [0.15, 0.2) is 29.6 Å². The number of anilines is 1. The normalized spacial score (nSPS) is 10.1. The molecule has 104 valence electrons. The molecule has 0 spiro atoms. The third-order valence-corrected chi connectivity index (χ3v) is 3.62. The first kappa shape index (κ1) is 14.4. The van der Waals surface area contributed by atoms with Gasteiger partial charge in [0.05, 0.1) is 18.4 Å². The first-order valence-electron chi connectivity index (χ1n) is 5.48. The van der Waals surface area contributed by atoms with Crippen LogP contribution >= 0.6 is 22.9 Å². The van der Waals surface area contributed by atoms with Gasteiger partial charge in [0.2, 0.25) is 0 Å². The molecule has 20 heavy (non-hydrogen) atoms. The van der Waals surface area contributed by atoms with Crippen LogP contribution in [-0.4, -0.2) is 24.1 Å². The lowest BCUT2D eigenvalue weighted by Gasteiger charge is -2.07. The molecule has 0 aliphatic heterocycles. The van der Waals surface area contributed by atoms with E-state index >= 15 is 0 Å². The summed E-state index contributed by atoms with van der Waals surface area (Å²) >= 11 is 6.85. The van der Waals surface area contributed by atoms with Crippen molar-refractivity contribution in [3.05, 3.63) is 45.1 Å². The number of hydrogen-bond donors (Lipinski definition) is 2. The summed E-state index contributed by atoms with van der Waals surface area (Å²) in [5, 5.41) is 14.2. The van der Waals surface area contributed by atoms with Crippen molar-refractivity contribution in [2.75, 3.05) is 12.4 Å². The van der Waals surface area contributed by atoms with Gasteiger partial charge < -0.3 is 15.2 Å². The highest BCUT2D eigenvalue weighted by molar-refractivity contribution is 7.12. The van der Waals surface area contributed by atoms with Crippen LogP contribution < -0.4 is 5.32 Å². The number of thiophene rings is 1. The fourth-order valence-corrected chi connectivity index (χ4v) is 2.48. The first-order valence-corrected chi connectivity index (χ1v) is 6.74. The third kappa shape index (κ3) is 2.92. The molecule has 7 heteroatoms. The van der Waals surface area contributed by atoms with Gasteiger partial charge in [0.15, 0.2) is 0 Å². The fourth-order valence-electron chi connectivity index (χ4n) is 1.54. The Labute approximate surface area is 123 Å². The third-order valence-electron chi connectivity index (χ3n) is 2.49. The Bertz CT molecular complexity index is 668. The van der Waals surface area contributed by atoms with E-state index in [2.05, 4.69) is 10.1 Å². The maximum atomic E-state index is 12.0. The highest BCUT2D eigenvalue weighted by atomic mass is 35.5. The second-order valence-corrected chi connectivity index (χ2v) is 5.12. The molecule has 0 atom stereocenters. The van der Waals surface area contributed by atoms with Gasteiger partial charge in [-0.2, -0.15) is 0 Å². The van der Waals surface area contributed by atoms with Crippen molar-refractivity contribution in [1.82, 2.24) is 0 Å². The smallest absolute Gasteiger partial charge is 0.350 e. The summed E-state index contributed by atoms with van der Waals surface area (Å²) in [6, 6.07) is 5.75. The number of hydrogen-bond acceptors (Lipinski definition) is 5. The van der Waals surface area contributed by atoms with Crippen molar-refractivity contribution in [2.24, 2.45) is 0 Å². The maximum absolute atomic E-state index is 12.0. The molecule has 0 saturated carbocycles. The molecule has 0 saturated heterocycles. The molecule has 2 N–H and O–H groups in total. The molecule has 0 bridgehead atoms. The highest BCUT2D eigenvalue weighted by Crippen LogP contribution is 2.26. The molecule has 0 radical (unpaired) electrons. The first-order chi connectivity index (χ1) is 9.52. The minimum absolute atomic E-state index is 0.0661. The number of nitrogens with one attached hydrogen (secondary N) is 1. The number of carbonyl (C=O) groups excluding carboxylic acids is 2. The van der Waals surface area contributed by atoms with Crippen LogP contribution in [0.1, 0.15) is 20.0 Å². The van der Waals surface area contributed by atoms with Crippen LogP contribution in [0.25, 0.3) is 0 Å². The summed E-state index contributed by atoms with van der Waals surface area (Å²) < 4.78 is 4.62. The average Bonchev–Trinajstić information content (AvgIpc) is 2.85. The zero-order valence-corrected chi connectivity index (χ0v) is 11.9. The van der Waals surface area contributed by atoms with Crippen LogP contribution in [0.4, 0.5) is 5.69 Å². The van der Waals surface area contributed by atoms with Gasteiger partial charge in [-0.05, 0) is 29.6 Å². The Kier molecular flexibility index (Phi) is 4.26. The summed E-state index contributed by atoms with van der Waals surface area (Å²) in [5.74, 6) is -1.30. The highest BCUT2D eigenvalue weighted by Gasteiger charge is 2.18. The molecule has 0 aliphatic carbocycles. The monoisotopic (exact) mass is 311 g/mol. The summed E-state index contributed by atoms with van der Waals surface area (Å²) in [4.78, 5) is 23.8. The summed E-state index contributed by atoms with van der Waals surface area (Å²) in [6.45, 7) is 0. The van der Waals surface area contributed by atoms with Crippen LogP contribution in [-0.2, 0) is 4.74 Å². The summed E-state index contributed by atoms with van der Waals surface area (Å²) in [5.41, 5.74) is 0.401. The van der Waals surface area contributed by atoms with E-state index in [1.807, 2.05) is 0 Å². The number of rotatable bonds is 3.